The van der Waals surface area contributed by atoms with Crippen molar-refractivity contribution in [2.45, 2.75) is 25.8 Å². The third-order valence-electron chi connectivity index (χ3n) is 3.42. The van der Waals surface area contributed by atoms with Gasteiger partial charge in [0.15, 0.2) is 0 Å². The van der Waals surface area contributed by atoms with E-state index in [4.69, 9.17) is 16.3 Å². The molecule has 3 nitrogen and oxygen atoms in total. The largest absolute Gasteiger partial charge is 0.381 e. The van der Waals surface area contributed by atoms with E-state index >= 15 is 0 Å². The molecule has 1 aromatic carbocycles. The fourth-order valence-electron chi connectivity index (χ4n) is 2.22. The van der Waals surface area contributed by atoms with Crippen LogP contribution in [0.3, 0.4) is 0 Å². The highest BCUT2D eigenvalue weighted by molar-refractivity contribution is 9.10. The number of amides is 1. The van der Waals surface area contributed by atoms with Gasteiger partial charge in [-0.15, -0.1) is 0 Å². The number of rotatable bonds is 4. The minimum atomic E-state index is 0.0161. The van der Waals surface area contributed by atoms with Gasteiger partial charge in [0.1, 0.15) is 0 Å². The Morgan fingerprint density at radius 1 is 1.63 bits per heavy atom. The molecule has 2 atom stereocenters. The van der Waals surface area contributed by atoms with Crippen LogP contribution in [0.4, 0.5) is 0 Å². The van der Waals surface area contributed by atoms with Gasteiger partial charge in [-0.3, -0.25) is 4.79 Å². The molecule has 0 spiro atoms. The number of carbonyl (C=O) groups is 1. The first-order valence-electron chi connectivity index (χ1n) is 6.37. The van der Waals surface area contributed by atoms with Crippen molar-refractivity contribution in [3.63, 3.8) is 0 Å². The lowest BCUT2D eigenvalue weighted by Crippen LogP contribution is -2.39. The van der Waals surface area contributed by atoms with E-state index in [1.165, 1.54) is 0 Å². The summed E-state index contributed by atoms with van der Waals surface area (Å²) < 4.78 is 6.24. The van der Waals surface area contributed by atoms with Gasteiger partial charge in [0.25, 0.3) is 0 Å². The van der Waals surface area contributed by atoms with Crippen LogP contribution in [0.25, 0.3) is 0 Å². The molecule has 1 saturated heterocycles. The van der Waals surface area contributed by atoms with Crippen molar-refractivity contribution in [2.24, 2.45) is 5.92 Å². The number of hydrogen-bond acceptors (Lipinski definition) is 2. The number of nitrogens with one attached hydrogen (secondary N) is 1. The van der Waals surface area contributed by atoms with Crippen molar-refractivity contribution in [1.82, 2.24) is 5.32 Å². The highest BCUT2D eigenvalue weighted by Gasteiger charge is 2.23. The van der Waals surface area contributed by atoms with Crippen molar-refractivity contribution in [1.29, 1.82) is 0 Å². The molecule has 2 rings (SSSR count). The van der Waals surface area contributed by atoms with E-state index in [-0.39, 0.29) is 11.9 Å². The topological polar surface area (TPSA) is 38.3 Å². The number of halogens is 2. The normalized spacial score (nSPS) is 20.3. The van der Waals surface area contributed by atoms with E-state index in [2.05, 4.69) is 21.2 Å². The van der Waals surface area contributed by atoms with Crippen LogP contribution in [-0.2, 0) is 16.0 Å². The summed E-state index contributed by atoms with van der Waals surface area (Å²) >= 11 is 9.37. The molecule has 1 aliphatic rings. The van der Waals surface area contributed by atoms with E-state index in [9.17, 15) is 4.79 Å². The summed E-state index contributed by atoms with van der Waals surface area (Å²) in [5.41, 5.74) is 0.903. The molecular formula is C14H17BrClNO2. The van der Waals surface area contributed by atoms with Crippen LogP contribution in [0.15, 0.2) is 22.7 Å². The summed E-state index contributed by atoms with van der Waals surface area (Å²) in [4.78, 5) is 12.0. The average Bonchev–Trinajstić information content (AvgIpc) is 2.87. The molecule has 0 aromatic heterocycles. The highest BCUT2D eigenvalue weighted by Crippen LogP contribution is 2.22. The first-order chi connectivity index (χ1) is 9.06. The van der Waals surface area contributed by atoms with Crippen molar-refractivity contribution >= 4 is 33.4 Å². The van der Waals surface area contributed by atoms with Gasteiger partial charge in [-0.1, -0.05) is 27.5 Å². The Kier molecular flexibility index (Phi) is 5.25. The van der Waals surface area contributed by atoms with Crippen LogP contribution < -0.4 is 5.32 Å². The Morgan fingerprint density at radius 3 is 3.11 bits per heavy atom. The average molecular weight is 347 g/mol. The third-order valence-corrected chi connectivity index (χ3v) is 4.43. The molecule has 1 aliphatic heterocycles. The fourth-order valence-corrected chi connectivity index (χ4v) is 2.80. The van der Waals surface area contributed by atoms with Crippen molar-refractivity contribution in [3.05, 3.63) is 33.3 Å². The third kappa shape index (κ3) is 4.20. The Labute approximate surface area is 126 Å². The second kappa shape index (κ2) is 6.73. The van der Waals surface area contributed by atoms with E-state index in [0.29, 0.717) is 17.4 Å². The Bertz CT molecular complexity index is 461. The predicted molar refractivity (Wildman–Crippen MR) is 79.4 cm³/mol. The van der Waals surface area contributed by atoms with Gasteiger partial charge in [0, 0.05) is 28.1 Å². The molecule has 0 bridgehead atoms. The zero-order chi connectivity index (χ0) is 13.8. The van der Waals surface area contributed by atoms with Crippen molar-refractivity contribution < 1.29 is 9.53 Å². The van der Waals surface area contributed by atoms with Crippen LogP contribution in [-0.4, -0.2) is 25.2 Å². The summed E-state index contributed by atoms with van der Waals surface area (Å²) in [7, 11) is 0. The summed E-state index contributed by atoms with van der Waals surface area (Å²) in [5, 5.41) is 3.68. The lowest BCUT2D eigenvalue weighted by atomic mass is 10.0. The quantitative estimate of drug-likeness (QED) is 0.909. The molecule has 0 aliphatic carbocycles. The number of benzene rings is 1. The molecule has 1 heterocycles. The molecule has 1 N–H and O–H groups in total. The monoisotopic (exact) mass is 345 g/mol. The van der Waals surface area contributed by atoms with Crippen molar-refractivity contribution in [2.75, 3.05) is 13.2 Å². The molecule has 1 fully saturated rings. The SMILES string of the molecule is CC(NC(=O)Cc1cc(Cl)ccc1Br)C1CCOC1. The molecule has 2 unspecified atom stereocenters. The van der Waals surface area contributed by atoms with Gasteiger partial charge >= 0.3 is 0 Å². The smallest absolute Gasteiger partial charge is 0.224 e. The Balaban J connectivity index is 1.91. The maximum absolute atomic E-state index is 12.0. The molecular weight excluding hydrogens is 330 g/mol. The number of ether oxygens (including phenoxy) is 1. The van der Waals surface area contributed by atoms with Crippen LogP contribution >= 0.6 is 27.5 Å². The van der Waals surface area contributed by atoms with Gasteiger partial charge in [0.2, 0.25) is 5.91 Å². The molecule has 1 amide bonds. The molecule has 0 saturated carbocycles. The first kappa shape index (κ1) is 14.8. The zero-order valence-electron chi connectivity index (χ0n) is 10.8. The van der Waals surface area contributed by atoms with E-state index in [1.807, 2.05) is 19.1 Å². The van der Waals surface area contributed by atoms with E-state index < -0.39 is 0 Å². The highest BCUT2D eigenvalue weighted by atomic mass is 79.9. The summed E-state index contributed by atoms with van der Waals surface area (Å²) in [6.07, 6.45) is 1.35. The van der Waals surface area contributed by atoms with Gasteiger partial charge in [-0.2, -0.15) is 0 Å². The molecule has 0 radical (unpaired) electrons. The van der Waals surface area contributed by atoms with Gasteiger partial charge in [-0.05, 0) is 37.1 Å². The summed E-state index contributed by atoms with van der Waals surface area (Å²) in [5.74, 6) is 0.439. The van der Waals surface area contributed by atoms with Gasteiger partial charge in [-0.25, -0.2) is 0 Å². The van der Waals surface area contributed by atoms with Crippen LogP contribution in [0.1, 0.15) is 18.9 Å². The maximum Gasteiger partial charge on any atom is 0.224 e. The fraction of sp³-hybridized carbons (Fsp3) is 0.500. The Morgan fingerprint density at radius 2 is 2.42 bits per heavy atom. The summed E-state index contributed by atoms with van der Waals surface area (Å²) in [6.45, 7) is 3.57. The maximum atomic E-state index is 12.0. The summed E-state index contributed by atoms with van der Waals surface area (Å²) in [6, 6.07) is 5.62. The van der Waals surface area contributed by atoms with Crippen molar-refractivity contribution in [3.8, 4) is 0 Å². The molecule has 1 aromatic rings. The predicted octanol–water partition coefficient (Wildman–Crippen LogP) is 3.19. The second-order valence-electron chi connectivity index (χ2n) is 4.89. The zero-order valence-corrected chi connectivity index (χ0v) is 13.1. The number of hydrogen-bond donors (Lipinski definition) is 1. The van der Waals surface area contributed by atoms with E-state index in [0.717, 1.165) is 29.7 Å². The first-order valence-corrected chi connectivity index (χ1v) is 7.54. The molecule has 5 heteroatoms. The molecule has 19 heavy (non-hydrogen) atoms. The van der Waals surface area contributed by atoms with Gasteiger partial charge < -0.3 is 10.1 Å². The van der Waals surface area contributed by atoms with E-state index in [1.54, 1.807) is 6.07 Å². The van der Waals surface area contributed by atoms with Crippen LogP contribution in [0, 0.1) is 5.92 Å². The standard InChI is InChI=1S/C14H17BrClNO2/c1-9(10-4-5-19-8-10)17-14(18)7-11-6-12(16)2-3-13(11)15/h2-3,6,9-10H,4-5,7-8H2,1H3,(H,17,18). The minimum Gasteiger partial charge on any atom is -0.381 e. The lowest BCUT2D eigenvalue weighted by molar-refractivity contribution is -0.121. The molecule has 104 valence electrons. The number of carbonyl (C=O) groups excluding carboxylic acids is 1. The van der Waals surface area contributed by atoms with Gasteiger partial charge in [0.05, 0.1) is 13.0 Å². The minimum absolute atomic E-state index is 0.0161. The van der Waals surface area contributed by atoms with Crippen LogP contribution in [0.2, 0.25) is 5.02 Å². The lowest BCUT2D eigenvalue weighted by Gasteiger charge is -2.19. The second-order valence-corrected chi connectivity index (χ2v) is 6.18. The van der Waals surface area contributed by atoms with Crippen LogP contribution in [0.5, 0.6) is 0 Å². The Hall–Kier alpha value is -0.580.